The summed E-state index contributed by atoms with van der Waals surface area (Å²) in [6.07, 6.45) is 0. The highest BCUT2D eigenvalue weighted by atomic mass is 35.5. The molecule has 0 aliphatic carbocycles. The Labute approximate surface area is 182 Å². The largest absolute Gasteiger partial charge is 0.493 e. The average molecular weight is 436 g/mol. The number of methoxy groups -OCH3 is 1. The van der Waals surface area contributed by atoms with Crippen molar-refractivity contribution in [2.24, 2.45) is 0 Å². The van der Waals surface area contributed by atoms with Gasteiger partial charge in [-0.2, -0.15) is 0 Å². The zero-order valence-electron chi connectivity index (χ0n) is 16.4. The van der Waals surface area contributed by atoms with E-state index in [9.17, 15) is 4.39 Å². The lowest BCUT2D eigenvalue weighted by Crippen LogP contribution is -2.14. The van der Waals surface area contributed by atoms with E-state index in [1.165, 1.54) is 23.3 Å². The van der Waals surface area contributed by atoms with Gasteiger partial charge in [0.05, 0.1) is 12.1 Å². The highest BCUT2D eigenvalue weighted by Gasteiger charge is 2.12. The Kier molecular flexibility index (Phi) is 8.77. The summed E-state index contributed by atoms with van der Waals surface area (Å²) in [5.41, 5.74) is 4.15. The van der Waals surface area contributed by atoms with Crippen molar-refractivity contribution < 1.29 is 13.9 Å². The second-order valence-corrected chi connectivity index (χ2v) is 6.97. The van der Waals surface area contributed by atoms with Gasteiger partial charge in [0.2, 0.25) is 0 Å². The molecule has 3 aromatic carbocycles. The third-order valence-corrected chi connectivity index (χ3v) is 4.78. The van der Waals surface area contributed by atoms with Gasteiger partial charge in [0, 0.05) is 24.2 Å². The van der Waals surface area contributed by atoms with E-state index >= 15 is 0 Å². The van der Waals surface area contributed by atoms with Crippen LogP contribution in [0.4, 0.5) is 4.39 Å². The van der Waals surface area contributed by atoms with Gasteiger partial charge in [-0.05, 0) is 30.7 Å². The lowest BCUT2D eigenvalue weighted by atomic mass is 10.1. The number of ether oxygens (including phenoxy) is 2. The van der Waals surface area contributed by atoms with Crippen LogP contribution in [0, 0.1) is 12.7 Å². The first kappa shape index (κ1) is 23.0. The standard InChI is InChI=1S/C23H23ClFNO2.ClH/c1-16-6-8-17(9-7-16)13-26-14-18-4-3-5-22(27-2)23(18)28-15-19-10-11-20(25)12-21(19)24;/h3-12,26H,13-15H2,1-2H3;1H. The van der Waals surface area contributed by atoms with E-state index in [2.05, 4.69) is 36.5 Å². The first-order chi connectivity index (χ1) is 13.6. The van der Waals surface area contributed by atoms with E-state index < -0.39 is 0 Å². The van der Waals surface area contributed by atoms with Gasteiger partial charge in [-0.25, -0.2) is 4.39 Å². The molecule has 29 heavy (non-hydrogen) atoms. The lowest BCUT2D eigenvalue weighted by molar-refractivity contribution is 0.280. The third kappa shape index (κ3) is 6.36. The highest BCUT2D eigenvalue weighted by molar-refractivity contribution is 6.31. The molecule has 0 atom stereocenters. The Bertz CT molecular complexity index is 933. The Morgan fingerprint density at radius 1 is 0.966 bits per heavy atom. The van der Waals surface area contributed by atoms with Crippen LogP contribution in [0.2, 0.25) is 5.02 Å². The fraction of sp³-hybridized carbons (Fsp3) is 0.217. The highest BCUT2D eigenvalue weighted by Crippen LogP contribution is 2.32. The average Bonchev–Trinajstić information content (AvgIpc) is 2.69. The molecule has 0 saturated carbocycles. The number of hydrogen-bond acceptors (Lipinski definition) is 3. The number of aryl methyl sites for hydroxylation is 1. The number of hydrogen-bond donors (Lipinski definition) is 1. The Hall–Kier alpha value is -2.27. The molecule has 3 rings (SSSR count). The molecule has 0 saturated heterocycles. The van der Waals surface area contributed by atoms with Crippen molar-refractivity contribution in [1.29, 1.82) is 0 Å². The van der Waals surface area contributed by atoms with Crippen molar-refractivity contribution in [1.82, 2.24) is 5.32 Å². The monoisotopic (exact) mass is 435 g/mol. The van der Waals surface area contributed by atoms with Crippen LogP contribution in [0.5, 0.6) is 11.5 Å². The van der Waals surface area contributed by atoms with Crippen molar-refractivity contribution in [3.05, 3.63) is 93.8 Å². The minimum Gasteiger partial charge on any atom is -0.493 e. The maximum absolute atomic E-state index is 13.2. The number of nitrogens with one attached hydrogen (secondary N) is 1. The number of para-hydroxylation sites is 1. The van der Waals surface area contributed by atoms with Gasteiger partial charge in [-0.1, -0.05) is 59.6 Å². The second-order valence-electron chi connectivity index (χ2n) is 6.56. The quantitative estimate of drug-likeness (QED) is 0.464. The zero-order valence-corrected chi connectivity index (χ0v) is 17.9. The molecule has 0 aliphatic rings. The summed E-state index contributed by atoms with van der Waals surface area (Å²) in [4.78, 5) is 0. The molecule has 0 bridgehead atoms. The number of halogens is 3. The zero-order chi connectivity index (χ0) is 19.9. The molecule has 154 valence electrons. The van der Waals surface area contributed by atoms with Crippen molar-refractivity contribution in [3.8, 4) is 11.5 Å². The fourth-order valence-electron chi connectivity index (χ4n) is 2.86. The topological polar surface area (TPSA) is 30.5 Å². The molecule has 0 aliphatic heterocycles. The normalized spacial score (nSPS) is 10.3. The maximum Gasteiger partial charge on any atom is 0.166 e. The molecule has 0 amide bonds. The van der Waals surface area contributed by atoms with Crippen molar-refractivity contribution in [2.75, 3.05) is 7.11 Å². The van der Waals surface area contributed by atoms with Gasteiger partial charge in [0.15, 0.2) is 11.5 Å². The molecule has 0 heterocycles. The van der Waals surface area contributed by atoms with Crippen LogP contribution >= 0.6 is 24.0 Å². The summed E-state index contributed by atoms with van der Waals surface area (Å²) in [5.74, 6) is 0.932. The van der Waals surface area contributed by atoms with Crippen LogP contribution in [0.3, 0.4) is 0 Å². The van der Waals surface area contributed by atoms with E-state index in [4.69, 9.17) is 21.1 Å². The Morgan fingerprint density at radius 2 is 1.72 bits per heavy atom. The summed E-state index contributed by atoms with van der Waals surface area (Å²) < 4.78 is 24.7. The molecule has 3 aromatic rings. The van der Waals surface area contributed by atoms with Crippen LogP contribution < -0.4 is 14.8 Å². The third-order valence-electron chi connectivity index (χ3n) is 4.43. The first-order valence-electron chi connectivity index (χ1n) is 9.05. The van der Waals surface area contributed by atoms with Crippen molar-refractivity contribution in [2.45, 2.75) is 26.6 Å². The van der Waals surface area contributed by atoms with Gasteiger partial charge >= 0.3 is 0 Å². The first-order valence-corrected chi connectivity index (χ1v) is 9.43. The minimum atomic E-state index is -0.368. The van der Waals surface area contributed by atoms with E-state index in [1.807, 2.05) is 18.2 Å². The molecule has 0 radical (unpaired) electrons. The smallest absolute Gasteiger partial charge is 0.166 e. The minimum absolute atomic E-state index is 0. The molecule has 0 fully saturated rings. The van der Waals surface area contributed by atoms with Crippen LogP contribution in [0.1, 0.15) is 22.3 Å². The van der Waals surface area contributed by atoms with E-state index in [1.54, 1.807) is 13.2 Å². The molecule has 0 unspecified atom stereocenters. The molecule has 0 spiro atoms. The van der Waals surface area contributed by atoms with Crippen LogP contribution in [-0.4, -0.2) is 7.11 Å². The SMILES string of the molecule is COc1cccc(CNCc2ccc(C)cc2)c1OCc1ccc(F)cc1Cl.Cl. The van der Waals surface area contributed by atoms with E-state index in [0.717, 1.165) is 12.1 Å². The summed E-state index contributed by atoms with van der Waals surface area (Å²) in [5, 5.41) is 3.78. The number of rotatable bonds is 8. The maximum atomic E-state index is 13.2. The van der Waals surface area contributed by atoms with Gasteiger partial charge < -0.3 is 14.8 Å². The fourth-order valence-corrected chi connectivity index (χ4v) is 3.08. The predicted octanol–water partition coefficient (Wildman–Crippen LogP) is 6.09. The van der Waals surface area contributed by atoms with Crippen molar-refractivity contribution in [3.63, 3.8) is 0 Å². The van der Waals surface area contributed by atoms with E-state index in [0.29, 0.717) is 28.6 Å². The van der Waals surface area contributed by atoms with Gasteiger partial charge in [0.1, 0.15) is 12.4 Å². The molecular weight excluding hydrogens is 412 g/mol. The Morgan fingerprint density at radius 3 is 2.41 bits per heavy atom. The summed E-state index contributed by atoms with van der Waals surface area (Å²) in [6, 6.07) is 18.5. The van der Waals surface area contributed by atoms with Gasteiger partial charge in [-0.3, -0.25) is 0 Å². The van der Waals surface area contributed by atoms with E-state index in [-0.39, 0.29) is 24.8 Å². The molecule has 0 aromatic heterocycles. The summed E-state index contributed by atoms with van der Waals surface area (Å²) in [7, 11) is 1.61. The number of benzene rings is 3. The lowest BCUT2D eigenvalue weighted by Gasteiger charge is -2.16. The molecule has 3 nitrogen and oxygen atoms in total. The van der Waals surface area contributed by atoms with Gasteiger partial charge in [-0.15, -0.1) is 12.4 Å². The predicted molar refractivity (Wildman–Crippen MR) is 118 cm³/mol. The second kappa shape index (κ2) is 11.1. The summed E-state index contributed by atoms with van der Waals surface area (Å²) >= 11 is 6.11. The molecule has 1 N–H and O–H groups in total. The van der Waals surface area contributed by atoms with Crippen LogP contribution in [0.25, 0.3) is 0 Å². The van der Waals surface area contributed by atoms with Crippen molar-refractivity contribution >= 4 is 24.0 Å². The van der Waals surface area contributed by atoms with Gasteiger partial charge in [0.25, 0.3) is 0 Å². The summed E-state index contributed by atoms with van der Waals surface area (Å²) in [6.45, 7) is 3.67. The van der Waals surface area contributed by atoms with Crippen LogP contribution in [0.15, 0.2) is 60.7 Å². The van der Waals surface area contributed by atoms with Crippen LogP contribution in [-0.2, 0) is 19.7 Å². The Balaban J connectivity index is 0.00000300. The molecular formula is C23H24Cl2FNO2. The molecule has 6 heteroatoms.